The Labute approximate surface area is 409 Å². The number of rotatable bonds is 53. The van der Waals surface area contributed by atoms with Crippen molar-refractivity contribution in [2.24, 2.45) is 0 Å². The Morgan fingerprint density at radius 3 is 1.09 bits per heavy atom. The van der Waals surface area contributed by atoms with Crippen molar-refractivity contribution in [2.75, 3.05) is 41.0 Å². The van der Waals surface area contributed by atoms with Gasteiger partial charge in [0.15, 0.2) is 12.1 Å². The molecule has 0 saturated carbocycles. The molecule has 0 spiro atoms. The molecule has 0 rings (SSSR count). The van der Waals surface area contributed by atoms with Crippen molar-refractivity contribution in [1.82, 2.24) is 0 Å². The first kappa shape index (κ1) is 64.1. The van der Waals surface area contributed by atoms with E-state index >= 15 is 0 Å². The van der Waals surface area contributed by atoms with Crippen molar-refractivity contribution in [1.29, 1.82) is 0 Å². The van der Waals surface area contributed by atoms with Gasteiger partial charge >= 0.3 is 17.9 Å². The highest BCUT2D eigenvalue weighted by Crippen LogP contribution is 2.17. The number of ether oxygens (including phenoxy) is 3. The quantitative estimate of drug-likeness (QED) is 0.0281. The molecule has 8 nitrogen and oxygen atoms in total. The number of carboxylic acids is 1. The van der Waals surface area contributed by atoms with E-state index in [2.05, 4.69) is 26.0 Å². The van der Waals surface area contributed by atoms with Gasteiger partial charge in [0, 0.05) is 19.3 Å². The first-order valence-electron chi connectivity index (χ1n) is 28.7. The Kier molecular flexibility index (Phi) is 48.0. The predicted octanol–water partition coefficient (Wildman–Crippen LogP) is 17.0. The van der Waals surface area contributed by atoms with Crippen LogP contribution in [0.4, 0.5) is 0 Å². The molecule has 390 valence electrons. The first-order valence-corrected chi connectivity index (χ1v) is 28.7. The van der Waals surface area contributed by atoms with Crippen molar-refractivity contribution in [2.45, 2.75) is 302 Å². The van der Waals surface area contributed by atoms with Crippen LogP contribution in [0.2, 0.25) is 0 Å². The third kappa shape index (κ3) is 47.1. The lowest BCUT2D eigenvalue weighted by molar-refractivity contribution is -0.887. The Balaban J connectivity index is 4.11. The second kappa shape index (κ2) is 49.5. The molecular formula is C58H112NO7+. The third-order valence-corrected chi connectivity index (χ3v) is 13.4. The number of esters is 2. The Bertz CT molecular complexity index is 1090. The van der Waals surface area contributed by atoms with E-state index < -0.39 is 18.1 Å². The van der Waals surface area contributed by atoms with Crippen molar-refractivity contribution in [3.8, 4) is 0 Å². The van der Waals surface area contributed by atoms with E-state index in [1.807, 2.05) is 21.1 Å². The highest BCUT2D eigenvalue weighted by molar-refractivity contribution is 5.72. The Hall–Kier alpha value is -1.93. The summed E-state index contributed by atoms with van der Waals surface area (Å²) < 4.78 is 17.4. The average molecular weight is 936 g/mol. The smallest absolute Gasteiger partial charge is 0.362 e. The molecule has 2 unspecified atom stereocenters. The summed E-state index contributed by atoms with van der Waals surface area (Å²) in [5.74, 6) is -1.45. The van der Waals surface area contributed by atoms with Crippen LogP contribution in [0.25, 0.3) is 0 Å². The minimum atomic E-state index is -0.870. The molecule has 0 aliphatic carbocycles. The monoisotopic (exact) mass is 935 g/mol. The van der Waals surface area contributed by atoms with Gasteiger partial charge in [-0.05, 0) is 38.5 Å². The van der Waals surface area contributed by atoms with Gasteiger partial charge in [0.1, 0.15) is 6.61 Å². The number of nitrogens with zero attached hydrogens (tertiary/aromatic N) is 1. The summed E-state index contributed by atoms with van der Waals surface area (Å²) in [7, 11) is 5.55. The molecule has 0 aromatic rings. The van der Waals surface area contributed by atoms with Crippen LogP contribution in [-0.4, -0.2) is 80.6 Å². The molecular weight excluding hydrogens is 823 g/mol. The Morgan fingerprint density at radius 2 is 0.758 bits per heavy atom. The second-order valence-corrected chi connectivity index (χ2v) is 20.9. The van der Waals surface area contributed by atoms with Crippen LogP contribution in [0.3, 0.4) is 0 Å². The standard InChI is InChI=1S/C58H111NO7/c1-6-8-10-12-14-16-18-20-22-24-26-27-28-29-30-31-33-34-36-38-40-42-44-46-48-56(60)65-53-54(52-64-51-50-55(58(62)63)59(3,4)5)66-57(61)49-47-45-43-41-39-37-35-32-25-23-21-19-17-15-13-11-9-7-2/h23,25,54-55H,6-22,24,26-53H2,1-5H3/p+1/b25-23-. The van der Waals surface area contributed by atoms with Gasteiger partial charge in [-0.2, -0.15) is 0 Å². The fourth-order valence-corrected chi connectivity index (χ4v) is 8.97. The minimum absolute atomic E-state index is 0.0457. The topological polar surface area (TPSA) is 99.1 Å². The Morgan fingerprint density at radius 1 is 0.439 bits per heavy atom. The molecule has 0 heterocycles. The lowest BCUT2D eigenvalue weighted by Gasteiger charge is -2.31. The number of hydrogen-bond donors (Lipinski definition) is 1. The van der Waals surface area contributed by atoms with Gasteiger partial charge in [-0.1, -0.05) is 244 Å². The van der Waals surface area contributed by atoms with Crippen LogP contribution in [0.1, 0.15) is 290 Å². The maximum atomic E-state index is 12.8. The van der Waals surface area contributed by atoms with E-state index in [0.717, 1.165) is 38.5 Å². The first-order chi connectivity index (χ1) is 32.1. The van der Waals surface area contributed by atoms with Gasteiger partial charge in [-0.25, -0.2) is 4.79 Å². The molecule has 0 aliphatic rings. The van der Waals surface area contributed by atoms with Crippen molar-refractivity contribution < 1.29 is 38.2 Å². The summed E-state index contributed by atoms with van der Waals surface area (Å²) in [6, 6.07) is -0.612. The SMILES string of the molecule is CCCCCCCCC/C=C\CCCCCCCCCC(=O)OC(COCCC(C(=O)O)[N+](C)(C)C)COC(=O)CCCCCCCCCCCCCCCCCCCCCCCCCC. The highest BCUT2D eigenvalue weighted by atomic mass is 16.6. The van der Waals surface area contributed by atoms with E-state index in [4.69, 9.17) is 14.2 Å². The zero-order valence-electron chi connectivity index (χ0n) is 44.7. The number of allylic oxidation sites excluding steroid dienone is 2. The predicted molar refractivity (Wildman–Crippen MR) is 280 cm³/mol. The molecule has 66 heavy (non-hydrogen) atoms. The zero-order valence-corrected chi connectivity index (χ0v) is 44.7. The largest absolute Gasteiger partial charge is 0.477 e. The molecule has 0 radical (unpaired) electrons. The molecule has 0 saturated heterocycles. The molecule has 2 atom stereocenters. The van der Waals surface area contributed by atoms with Gasteiger partial charge < -0.3 is 23.8 Å². The van der Waals surface area contributed by atoms with E-state index in [1.54, 1.807) is 0 Å². The van der Waals surface area contributed by atoms with Crippen molar-refractivity contribution in [3.63, 3.8) is 0 Å². The van der Waals surface area contributed by atoms with Crippen molar-refractivity contribution >= 4 is 17.9 Å². The fourth-order valence-electron chi connectivity index (χ4n) is 8.97. The number of carbonyl (C=O) groups is 3. The highest BCUT2D eigenvalue weighted by Gasteiger charge is 2.31. The van der Waals surface area contributed by atoms with Crippen LogP contribution in [-0.2, 0) is 28.6 Å². The number of carboxylic acid groups (broad SMARTS) is 1. The number of quaternary nitrogens is 1. The average Bonchev–Trinajstić information content (AvgIpc) is 3.28. The van der Waals surface area contributed by atoms with E-state index in [1.165, 1.54) is 218 Å². The van der Waals surface area contributed by atoms with Gasteiger partial charge in [0.2, 0.25) is 0 Å². The van der Waals surface area contributed by atoms with Crippen LogP contribution < -0.4 is 0 Å². The van der Waals surface area contributed by atoms with Gasteiger partial charge in [0.05, 0.1) is 34.4 Å². The molecule has 0 fully saturated rings. The maximum Gasteiger partial charge on any atom is 0.362 e. The molecule has 0 amide bonds. The molecule has 8 heteroatoms. The summed E-state index contributed by atoms with van der Waals surface area (Å²) in [4.78, 5) is 37.3. The summed E-state index contributed by atoms with van der Waals surface area (Å²) in [5, 5.41) is 9.67. The summed E-state index contributed by atoms with van der Waals surface area (Å²) in [5.41, 5.74) is 0. The number of hydrogen-bond acceptors (Lipinski definition) is 6. The molecule has 0 aliphatic heterocycles. The molecule has 1 N–H and O–H groups in total. The number of unbranched alkanes of at least 4 members (excludes halogenated alkanes) is 37. The lowest BCUT2D eigenvalue weighted by atomic mass is 10.0. The maximum absolute atomic E-state index is 12.8. The van der Waals surface area contributed by atoms with Gasteiger partial charge in [-0.3, -0.25) is 9.59 Å². The number of likely N-dealkylation sites (N-methyl/N-ethyl adjacent to an activating group) is 1. The van der Waals surface area contributed by atoms with E-state index in [0.29, 0.717) is 19.3 Å². The van der Waals surface area contributed by atoms with Crippen molar-refractivity contribution in [3.05, 3.63) is 12.2 Å². The second-order valence-electron chi connectivity index (χ2n) is 20.9. The summed E-state index contributed by atoms with van der Waals surface area (Å²) in [6.45, 7) is 4.79. The van der Waals surface area contributed by atoms with Gasteiger partial charge in [-0.15, -0.1) is 0 Å². The normalized spacial score (nSPS) is 12.8. The fraction of sp³-hybridized carbons (Fsp3) is 0.914. The van der Waals surface area contributed by atoms with Crippen LogP contribution in [0.5, 0.6) is 0 Å². The third-order valence-electron chi connectivity index (χ3n) is 13.4. The van der Waals surface area contributed by atoms with E-state index in [-0.39, 0.29) is 36.2 Å². The number of carbonyl (C=O) groups excluding carboxylic acids is 2. The zero-order chi connectivity index (χ0) is 48.4. The van der Waals surface area contributed by atoms with E-state index in [9.17, 15) is 19.5 Å². The molecule has 0 aromatic carbocycles. The van der Waals surface area contributed by atoms with Crippen LogP contribution in [0.15, 0.2) is 12.2 Å². The summed E-state index contributed by atoms with van der Waals surface area (Å²) in [6.07, 6.45) is 57.0. The minimum Gasteiger partial charge on any atom is -0.477 e. The molecule has 0 aromatic heterocycles. The lowest BCUT2D eigenvalue weighted by Crippen LogP contribution is -2.50. The summed E-state index contributed by atoms with van der Waals surface area (Å²) >= 11 is 0. The van der Waals surface area contributed by atoms with Crippen LogP contribution in [0, 0.1) is 0 Å². The van der Waals surface area contributed by atoms with Crippen LogP contribution >= 0.6 is 0 Å². The number of aliphatic carboxylic acids is 1. The van der Waals surface area contributed by atoms with Gasteiger partial charge in [0.25, 0.3) is 0 Å². The molecule has 0 bridgehead atoms.